The summed E-state index contributed by atoms with van der Waals surface area (Å²) in [5, 5.41) is 10.6. The largest absolute Gasteiger partial charge is 0.385 e. The Bertz CT molecular complexity index is 766. The van der Waals surface area contributed by atoms with E-state index in [2.05, 4.69) is 4.72 Å². The van der Waals surface area contributed by atoms with Crippen LogP contribution in [-0.4, -0.2) is 13.3 Å². The van der Waals surface area contributed by atoms with Crippen LogP contribution in [0.2, 0.25) is 0 Å². The van der Waals surface area contributed by atoms with Gasteiger partial charge in [0.25, 0.3) is 10.0 Å². The first-order valence-corrected chi connectivity index (χ1v) is 8.29. The normalized spacial score (nSPS) is 11.3. The number of thiophene rings is 1. The number of nitrogens with two attached hydrogens (primary N) is 1. The van der Waals surface area contributed by atoms with Crippen molar-refractivity contribution in [2.24, 2.45) is 0 Å². The number of nitrogen functional groups attached to an aromatic ring is 1. The van der Waals surface area contributed by atoms with Crippen LogP contribution in [0, 0.1) is 10.1 Å². The van der Waals surface area contributed by atoms with E-state index in [1.165, 1.54) is 0 Å². The van der Waals surface area contributed by atoms with Crippen LogP contribution in [0.3, 0.4) is 0 Å². The van der Waals surface area contributed by atoms with Gasteiger partial charge in [0.05, 0.1) is 4.92 Å². The van der Waals surface area contributed by atoms with E-state index >= 15 is 0 Å². The average Bonchev–Trinajstić information content (AvgIpc) is 2.82. The fourth-order valence-corrected chi connectivity index (χ4v) is 3.93. The van der Waals surface area contributed by atoms with E-state index in [-0.39, 0.29) is 9.21 Å². The van der Waals surface area contributed by atoms with Gasteiger partial charge in [0.15, 0.2) is 5.00 Å². The van der Waals surface area contributed by atoms with E-state index in [9.17, 15) is 18.5 Å². The molecule has 0 atom stereocenters. The number of nitro groups is 1. The van der Waals surface area contributed by atoms with Crippen LogP contribution >= 0.6 is 11.3 Å². The predicted octanol–water partition coefficient (Wildman–Crippen LogP) is 2.60. The van der Waals surface area contributed by atoms with Gasteiger partial charge in [-0.05, 0) is 24.1 Å². The highest BCUT2D eigenvalue weighted by molar-refractivity contribution is 7.94. The number of anilines is 2. The third-order valence-corrected chi connectivity index (χ3v) is 5.60. The molecule has 0 aliphatic heterocycles. The molecule has 1 aromatic carbocycles. The summed E-state index contributed by atoms with van der Waals surface area (Å²) < 4.78 is 26.5. The van der Waals surface area contributed by atoms with Crippen LogP contribution in [0.25, 0.3) is 0 Å². The predicted molar refractivity (Wildman–Crippen MR) is 82.0 cm³/mol. The van der Waals surface area contributed by atoms with Gasteiger partial charge >= 0.3 is 5.69 Å². The van der Waals surface area contributed by atoms with E-state index in [0.29, 0.717) is 17.0 Å². The number of aryl methyl sites for hydroxylation is 1. The summed E-state index contributed by atoms with van der Waals surface area (Å²) in [5.41, 5.74) is 6.52. The Morgan fingerprint density at radius 2 is 1.95 bits per heavy atom. The Morgan fingerprint density at radius 1 is 1.33 bits per heavy atom. The van der Waals surface area contributed by atoms with Gasteiger partial charge in [0.1, 0.15) is 4.21 Å². The molecule has 0 unspecified atom stereocenters. The summed E-state index contributed by atoms with van der Waals surface area (Å²) in [6, 6.07) is 7.86. The van der Waals surface area contributed by atoms with Gasteiger partial charge < -0.3 is 5.73 Å². The molecule has 21 heavy (non-hydrogen) atoms. The molecule has 1 aromatic heterocycles. The summed E-state index contributed by atoms with van der Waals surface area (Å²) in [4.78, 5) is 10.0. The third-order valence-electron chi connectivity index (χ3n) is 2.79. The SMILES string of the molecule is CCc1ccc(NS(=O)(=O)c2cc([N+](=O)[O-])c(N)s2)cc1. The molecule has 2 aromatic rings. The number of hydrogen-bond donors (Lipinski definition) is 2. The van der Waals surface area contributed by atoms with Gasteiger partial charge in [-0.1, -0.05) is 30.4 Å². The zero-order valence-electron chi connectivity index (χ0n) is 11.1. The quantitative estimate of drug-likeness (QED) is 0.647. The van der Waals surface area contributed by atoms with Crippen LogP contribution < -0.4 is 10.5 Å². The zero-order valence-corrected chi connectivity index (χ0v) is 12.7. The molecule has 9 heteroatoms. The van der Waals surface area contributed by atoms with Crippen LogP contribution in [0.4, 0.5) is 16.4 Å². The van der Waals surface area contributed by atoms with Gasteiger partial charge in [-0.2, -0.15) is 0 Å². The minimum atomic E-state index is -3.88. The van der Waals surface area contributed by atoms with Gasteiger partial charge in [0.2, 0.25) is 0 Å². The van der Waals surface area contributed by atoms with E-state index in [1.54, 1.807) is 12.1 Å². The monoisotopic (exact) mass is 327 g/mol. The molecule has 0 bridgehead atoms. The van der Waals surface area contributed by atoms with Crippen molar-refractivity contribution in [2.45, 2.75) is 17.6 Å². The molecular weight excluding hydrogens is 314 g/mol. The first-order chi connectivity index (χ1) is 9.83. The van der Waals surface area contributed by atoms with E-state index in [1.807, 2.05) is 19.1 Å². The van der Waals surface area contributed by atoms with Crippen LogP contribution in [0.5, 0.6) is 0 Å². The molecule has 0 spiro atoms. The molecular formula is C12H13N3O4S2. The lowest BCUT2D eigenvalue weighted by atomic mass is 10.2. The molecule has 0 radical (unpaired) electrons. The molecule has 112 valence electrons. The Hall–Kier alpha value is -2.13. The zero-order chi connectivity index (χ0) is 15.6. The second-order valence-electron chi connectivity index (χ2n) is 4.23. The molecule has 7 nitrogen and oxygen atoms in total. The van der Waals surface area contributed by atoms with Crippen molar-refractivity contribution in [3.8, 4) is 0 Å². The molecule has 1 heterocycles. The smallest absolute Gasteiger partial charge is 0.304 e. The number of nitrogens with one attached hydrogen (secondary N) is 1. The van der Waals surface area contributed by atoms with E-state index in [0.717, 1.165) is 18.1 Å². The lowest BCUT2D eigenvalue weighted by Gasteiger charge is -2.06. The van der Waals surface area contributed by atoms with Crippen molar-refractivity contribution in [2.75, 3.05) is 10.5 Å². The maximum Gasteiger partial charge on any atom is 0.304 e. The molecule has 0 fully saturated rings. The first kappa shape index (κ1) is 15.3. The van der Waals surface area contributed by atoms with Gasteiger partial charge in [-0.15, -0.1) is 0 Å². The van der Waals surface area contributed by atoms with Crippen molar-refractivity contribution in [1.82, 2.24) is 0 Å². The second kappa shape index (κ2) is 5.70. The number of sulfonamides is 1. The number of hydrogen-bond acceptors (Lipinski definition) is 6. The Labute approximate surface area is 125 Å². The van der Waals surface area contributed by atoms with Crippen LogP contribution in [0.15, 0.2) is 34.5 Å². The summed E-state index contributed by atoms with van der Waals surface area (Å²) in [5.74, 6) is 0. The Balaban J connectivity index is 2.29. The lowest BCUT2D eigenvalue weighted by Crippen LogP contribution is -2.11. The fourth-order valence-electron chi connectivity index (χ4n) is 1.66. The minimum absolute atomic E-state index is 0.137. The molecule has 0 aliphatic carbocycles. The maximum absolute atomic E-state index is 12.2. The van der Waals surface area contributed by atoms with Gasteiger partial charge in [-0.25, -0.2) is 8.42 Å². The highest BCUT2D eigenvalue weighted by atomic mass is 32.2. The number of nitrogens with zero attached hydrogens (tertiary/aromatic N) is 1. The minimum Gasteiger partial charge on any atom is -0.385 e. The van der Waals surface area contributed by atoms with Crippen molar-refractivity contribution in [3.05, 3.63) is 46.0 Å². The number of benzene rings is 1. The summed E-state index contributed by atoms with van der Waals surface area (Å²) in [6.45, 7) is 1.99. The topological polar surface area (TPSA) is 115 Å². The molecule has 0 aliphatic rings. The van der Waals surface area contributed by atoms with E-state index in [4.69, 9.17) is 5.73 Å². The van der Waals surface area contributed by atoms with Crippen LogP contribution in [-0.2, 0) is 16.4 Å². The van der Waals surface area contributed by atoms with Gasteiger partial charge in [-0.3, -0.25) is 14.8 Å². The lowest BCUT2D eigenvalue weighted by molar-refractivity contribution is -0.383. The maximum atomic E-state index is 12.2. The van der Waals surface area contributed by atoms with Gasteiger partial charge in [0, 0.05) is 11.8 Å². The Kier molecular flexibility index (Phi) is 4.14. The summed E-state index contributed by atoms with van der Waals surface area (Å²) in [6.07, 6.45) is 0.848. The van der Waals surface area contributed by atoms with Crippen molar-refractivity contribution >= 4 is 37.7 Å². The molecule has 0 amide bonds. The number of rotatable bonds is 5. The fraction of sp³-hybridized carbons (Fsp3) is 0.167. The third kappa shape index (κ3) is 3.31. The molecule has 2 rings (SSSR count). The molecule has 0 saturated heterocycles. The molecule has 0 saturated carbocycles. The van der Waals surface area contributed by atoms with Crippen LogP contribution in [0.1, 0.15) is 12.5 Å². The standard InChI is InChI=1S/C12H13N3O4S2/c1-2-8-3-5-9(6-4-8)14-21(18,19)11-7-10(15(16)17)12(13)20-11/h3-7,14H,2,13H2,1H3. The summed E-state index contributed by atoms with van der Waals surface area (Å²) in [7, 11) is -3.88. The van der Waals surface area contributed by atoms with Crippen molar-refractivity contribution < 1.29 is 13.3 Å². The van der Waals surface area contributed by atoms with E-state index < -0.39 is 20.6 Å². The molecule has 3 N–H and O–H groups in total. The highest BCUT2D eigenvalue weighted by Crippen LogP contribution is 2.35. The first-order valence-electron chi connectivity index (χ1n) is 5.99. The second-order valence-corrected chi connectivity index (χ2v) is 7.22. The highest BCUT2D eigenvalue weighted by Gasteiger charge is 2.24. The Morgan fingerprint density at radius 3 is 2.43 bits per heavy atom. The summed E-state index contributed by atoms with van der Waals surface area (Å²) >= 11 is 0.662. The van der Waals surface area contributed by atoms with Crippen molar-refractivity contribution in [1.29, 1.82) is 0 Å². The van der Waals surface area contributed by atoms with Crippen molar-refractivity contribution in [3.63, 3.8) is 0 Å². The average molecular weight is 327 g/mol.